The van der Waals surface area contributed by atoms with Crippen LogP contribution in [0, 0.1) is 5.92 Å². The second kappa shape index (κ2) is 6.58. The average molecular weight is 227 g/mol. The molecular formula is C13H25NO2. The molecule has 2 fully saturated rings. The van der Waals surface area contributed by atoms with Crippen LogP contribution in [-0.4, -0.2) is 49.0 Å². The van der Waals surface area contributed by atoms with Crippen LogP contribution in [0.1, 0.15) is 38.5 Å². The van der Waals surface area contributed by atoms with E-state index in [-0.39, 0.29) is 0 Å². The second-order valence-electron chi connectivity index (χ2n) is 5.24. The molecule has 0 bridgehead atoms. The Labute approximate surface area is 98.8 Å². The fourth-order valence-corrected chi connectivity index (χ4v) is 2.81. The number of hydrogen-bond acceptors (Lipinski definition) is 3. The SMILES string of the molecule is OCC1CCN(CCCC2CCCO2)CC1. The first-order chi connectivity index (χ1) is 7.88. The second-order valence-corrected chi connectivity index (χ2v) is 5.24. The molecule has 0 aliphatic carbocycles. The van der Waals surface area contributed by atoms with Crippen molar-refractivity contribution < 1.29 is 9.84 Å². The van der Waals surface area contributed by atoms with E-state index in [4.69, 9.17) is 9.84 Å². The van der Waals surface area contributed by atoms with Crippen molar-refractivity contribution in [3.63, 3.8) is 0 Å². The molecule has 0 saturated carbocycles. The molecule has 2 heterocycles. The number of aliphatic hydroxyl groups is 1. The van der Waals surface area contributed by atoms with Gasteiger partial charge in [-0.1, -0.05) is 0 Å². The van der Waals surface area contributed by atoms with E-state index >= 15 is 0 Å². The number of ether oxygens (including phenoxy) is 1. The molecule has 1 atom stereocenters. The Morgan fingerprint density at radius 2 is 2.00 bits per heavy atom. The molecule has 2 saturated heterocycles. The molecule has 2 rings (SSSR count). The average Bonchev–Trinajstić information content (AvgIpc) is 2.83. The molecular weight excluding hydrogens is 202 g/mol. The summed E-state index contributed by atoms with van der Waals surface area (Å²) >= 11 is 0. The van der Waals surface area contributed by atoms with Gasteiger partial charge in [-0.2, -0.15) is 0 Å². The van der Waals surface area contributed by atoms with Crippen molar-refractivity contribution in [1.29, 1.82) is 0 Å². The standard InChI is InChI=1S/C13H25NO2/c15-11-12-5-8-14(9-6-12)7-1-3-13-4-2-10-16-13/h12-13,15H,1-11H2. The molecule has 0 amide bonds. The fraction of sp³-hybridized carbons (Fsp3) is 1.00. The highest BCUT2D eigenvalue weighted by Crippen LogP contribution is 2.19. The highest BCUT2D eigenvalue weighted by atomic mass is 16.5. The third kappa shape index (κ3) is 3.72. The van der Waals surface area contributed by atoms with Gasteiger partial charge in [0, 0.05) is 13.2 Å². The summed E-state index contributed by atoms with van der Waals surface area (Å²) in [7, 11) is 0. The summed E-state index contributed by atoms with van der Waals surface area (Å²) in [6, 6.07) is 0. The maximum atomic E-state index is 9.06. The highest BCUT2D eigenvalue weighted by molar-refractivity contribution is 4.72. The minimum atomic E-state index is 0.379. The molecule has 1 N–H and O–H groups in total. The minimum absolute atomic E-state index is 0.379. The van der Waals surface area contributed by atoms with Gasteiger partial charge in [-0.05, 0) is 64.1 Å². The van der Waals surface area contributed by atoms with E-state index in [1.165, 1.54) is 58.2 Å². The summed E-state index contributed by atoms with van der Waals surface area (Å²) in [5.41, 5.74) is 0. The lowest BCUT2D eigenvalue weighted by Gasteiger charge is -2.31. The summed E-state index contributed by atoms with van der Waals surface area (Å²) in [4.78, 5) is 2.54. The van der Waals surface area contributed by atoms with Crippen molar-refractivity contribution in [2.45, 2.75) is 44.6 Å². The predicted molar refractivity (Wildman–Crippen MR) is 64.5 cm³/mol. The molecule has 0 spiro atoms. The molecule has 16 heavy (non-hydrogen) atoms. The third-order valence-electron chi connectivity index (χ3n) is 3.99. The van der Waals surface area contributed by atoms with Crippen LogP contribution < -0.4 is 0 Å². The lowest BCUT2D eigenvalue weighted by atomic mass is 9.97. The van der Waals surface area contributed by atoms with Gasteiger partial charge in [0.15, 0.2) is 0 Å². The van der Waals surface area contributed by atoms with E-state index < -0.39 is 0 Å². The van der Waals surface area contributed by atoms with Crippen LogP contribution in [0.4, 0.5) is 0 Å². The number of rotatable bonds is 5. The fourth-order valence-electron chi connectivity index (χ4n) is 2.81. The van der Waals surface area contributed by atoms with Crippen molar-refractivity contribution in [2.75, 3.05) is 32.8 Å². The van der Waals surface area contributed by atoms with Gasteiger partial charge in [-0.25, -0.2) is 0 Å². The zero-order valence-electron chi connectivity index (χ0n) is 10.2. The van der Waals surface area contributed by atoms with E-state index in [1.807, 2.05) is 0 Å². The molecule has 0 aromatic rings. The van der Waals surface area contributed by atoms with Crippen LogP contribution in [0.15, 0.2) is 0 Å². The van der Waals surface area contributed by atoms with Crippen molar-refractivity contribution in [3.05, 3.63) is 0 Å². The van der Waals surface area contributed by atoms with Crippen molar-refractivity contribution in [1.82, 2.24) is 4.90 Å². The summed E-state index contributed by atoms with van der Waals surface area (Å²) in [5.74, 6) is 0.564. The Hall–Kier alpha value is -0.120. The molecule has 3 heteroatoms. The molecule has 2 aliphatic heterocycles. The smallest absolute Gasteiger partial charge is 0.0576 e. The van der Waals surface area contributed by atoms with Crippen LogP contribution >= 0.6 is 0 Å². The van der Waals surface area contributed by atoms with Gasteiger partial charge in [-0.3, -0.25) is 0 Å². The highest BCUT2D eigenvalue weighted by Gasteiger charge is 2.19. The minimum Gasteiger partial charge on any atom is -0.396 e. The summed E-state index contributed by atoms with van der Waals surface area (Å²) in [5, 5.41) is 9.06. The lowest BCUT2D eigenvalue weighted by molar-refractivity contribution is 0.0927. The quantitative estimate of drug-likeness (QED) is 0.775. The molecule has 1 unspecified atom stereocenters. The first-order valence-corrected chi connectivity index (χ1v) is 6.83. The zero-order valence-corrected chi connectivity index (χ0v) is 10.2. The van der Waals surface area contributed by atoms with Gasteiger partial charge in [0.05, 0.1) is 6.10 Å². The normalized spacial score (nSPS) is 28.7. The van der Waals surface area contributed by atoms with Gasteiger partial charge >= 0.3 is 0 Å². The Kier molecular flexibility index (Phi) is 5.07. The number of hydrogen-bond donors (Lipinski definition) is 1. The van der Waals surface area contributed by atoms with Gasteiger partial charge in [0.2, 0.25) is 0 Å². The lowest BCUT2D eigenvalue weighted by Crippen LogP contribution is -2.35. The van der Waals surface area contributed by atoms with Crippen LogP contribution in [0.25, 0.3) is 0 Å². The van der Waals surface area contributed by atoms with Crippen molar-refractivity contribution in [2.24, 2.45) is 5.92 Å². The van der Waals surface area contributed by atoms with Crippen LogP contribution in [0.5, 0.6) is 0 Å². The van der Waals surface area contributed by atoms with Crippen LogP contribution in [-0.2, 0) is 4.74 Å². The van der Waals surface area contributed by atoms with E-state index in [2.05, 4.69) is 4.90 Å². The first-order valence-electron chi connectivity index (χ1n) is 6.83. The number of nitrogens with zero attached hydrogens (tertiary/aromatic N) is 1. The zero-order chi connectivity index (χ0) is 11.2. The van der Waals surface area contributed by atoms with Gasteiger partial charge in [0.25, 0.3) is 0 Å². The topological polar surface area (TPSA) is 32.7 Å². The maximum absolute atomic E-state index is 9.06. The van der Waals surface area contributed by atoms with Crippen molar-refractivity contribution in [3.8, 4) is 0 Å². The summed E-state index contributed by atoms with van der Waals surface area (Å²) in [6.45, 7) is 4.93. The molecule has 3 nitrogen and oxygen atoms in total. The molecule has 0 radical (unpaired) electrons. The number of likely N-dealkylation sites (tertiary alicyclic amines) is 1. The summed E-state index contributed by atoms with van der Waals surface area (Å²) < 4.78 is 5.63. The maximum Gasteiger partial charge on any atom is 0.0576 e. The molecule has 0 aromatic carbocycles. The van der Waals surface area contributed by atoms with E-state index in [1.54, 1.807) is 0 Å². The molecule has 2 aliphatic rings. The molecule has 0 aromatic heterocycles. The Bertz CT molecular complexity index is 184. The predicted octanol–water partition coefficient (Wildman–Crippen LogP) is 1.65. The van der Waals surface area contributed by atoms with E-state index in [0.717, 1.165) is 6.61 Å². The number of aliphatic hydroxyl groups excluding tert-OH is 1. The third-order valence-corrected chi connectivity index (χ3v) is 3.99. The van der Waals surface area contributed by atoms with E-state index in [0.29, 0.717) is 18.6 Å². The van der Waals surface area contributed by atoms with E-state index in [9.17, 15) is 0 Å². The monoisotopic (exact) mass is 227 g/mol. The van der Waals surface area contributed by atoms with Crippen LogP contribution in [0.3, 0.4) is 0 Å². The molecule has 94 valence electrons. The van der Waals surface area contributed by atoms with Gasteiger partial charge < -0.3 is 14.7 Å². The largest absolute Gasteiger partial charge is 0.396 e. The summed E-state index contributed by atoms with van der Waals surface area (Å²) in [6.07, 6.45) is 7.94. The Morgan fingerprint density at radius 1 is 1.19 bits per heavy atom. The first kappa shape index (κ1) is 12.3. The van der Waals surface area contributed by atoms with Crippen molar-refractivity contribution >= 4 is 0 Å². The number of piperidine rings is 1. The van der Waals surface area contributed by atoms with Gasteiger partial charge in [0.1, 0.15) is 0 Å². The van der Waals surface area contributed by atoms with Gasteiger partial charge in [-0.15, -0.1) is 0 Å². The van der Waals surface area contributed by atoms with Crippen LogP contribution in [0.2, 0.25) is 0 Å². The Morgan fingerprint density at radius 3 is 2.62 bits per heavy atom. The Balaban J connectivity index is 1.53.